The van der Waals surface area contributed by atoms with E-state index < -0.39 is 0 Å². The summed E-state index contributed by atoms with van der Waals surface area (Å²) in [7, 11) is 5.85. The molecular weight excluding hydrogens is 431 g/mol. The SMILES string of the molecule is CCOCCCNC(=NC)NCc1cccc(OCCN(C)C)c1.I. The number of guanidine groups is 1. The van der Waals surface area contributed by atoms with Gasteiger partial charge in [0, 0.05) is 39.9 Å². The van der Waals surface area contributed by atoms with E-state index in [1.54, 1.807) is 7.05 Å². The minimum atomic E-state index is 0. The minimum Gasteiger partial charge on any atom is -0.492 e. The highest BCUT2D eigenvalue weighted by Crippen LogP contribution is 2.13. The summed E-state index contributed by atoms with van der Waals surface area (Å²) in [5, 5.41) is 6.59. The van der Waals surface area contributed by atoms with Crippen LogP contribution in [-0.2, 0) is 11.3 Å². The van der Waals surface area contributed by atoms with Crippen LogP contribution < -0.4 is 15.4 Å². The number of aliphatic imine (C=N–C) groups is 1. The van der Waals surface area contributed by atoms with Crippen molar-refractivity contribution in [2.75, 3.05) is 54.1 Å². The Kier molecular flexibility index (Phi) is 14.6. The highest BCUT2D eigenvalue weighted by Gasteiger charge is 2.01. The third kappa shape index (κ3) is 12.0. The lowest BCUT2D eigenvalue weighted by atomic mass is 10.2. The average molecular weight is 464 g/mol. The Hall–Kier alpha value is -1.06. The third-order valence-electron chi connectivity index (χ3n) is 3.35. The number of nitrogens with zero attached hydrogens (tertiary/aromatic N) is 2. The van der Waals surface area contributed by atoms with Crippen LogP contribution in [0.1, 0.15) is 18.9 Å². The summed E-state index contributed by atoms with van der Waals surface area (Å²) in [5.41, 5.74) is 1.16. The summed E-state index contributed by atoms with van der Waals surface area (Å²) in [6.07, 6.45) is 0.962. The molecule has 25 heavy (non-hydrogen) atoms. The van der Waals surface area contributed by atoms with Crippen LogP contribution in [0.15, 0.2) is 29.3 Å². The number of nitrogens with one attached hydrogen (secondary N) is 2. The van der Waals surface area contributed by atoms with Crippen molar-refractivity contribution in [1.29, 1.82) is 0 Å². The maximum Gasteiger partial charge on any atom is 0.191 e. The fourth-order valence-corrected chi connectivity index (χ4v) is 2.02. The van der Waals surface area contributed by atoms with Gasteiger partial charge in [-0.1, -0.05) is 12.1 Å². The number of likely N-dealkylation sites (N-methyl/N-ethyl adjacent to an activating group) is 1. The molecular formula is C18H33IN4O2. The Morgan fingerprint density at radius 3 is 2.68 bits per heavy atom. The molecule has 144 valence electrons. The lowest BCUT2D eigenvalue weighted by Crippen LogP contribution is -2.37. The zero-order valence-electron chi connectivity index (χ0n) is 15.9. The summed E-state index contributed by atoms with van der Waals surface area (Å²) in [4.78, 5) is 6.33. The fraction of sp³-hybridized carbons (Fsp3) is 0.611. The van der Waals surface area contributed by atoms with Crippen LogP contribution in [0.3, 0.4) is 0 Å². The minimum absolute atomic E-state index is 0. The molecule has 0 saturated heterocycles. The van der Waals surface area contributed by atoms with Gasteiger partial charge in [-0.3, -0.25) is 4.99 Å². The van der Waals surface area contributed by atoms with Crippen LogP contribution in [0.5, 0.6) is 5.75 Å². The van der Waals surface area contributed by atoms with Gasteiger partial charge in [0.15, 0.2) is 5.96 Å². The van der Waals surface area contributed by atoms with Crippen molar-refractivity contribution in [3.05, 3.63) is 29.8 Å². The number of benzene rings is 1. The lowest BCUT2D eigenvalue weighted by molar-refractivity contribution is 0.145. The van der Waals surface area contributed by atoms with Gasteiger partial charge in [-0.05, 0) is 45.1 Å². The van der Waals surface area contributed by atoms with Gasteiger partial charge in [-0.2, -0.15) is 0 Å². The van der Waals surface area contributed by atoms with Crippen LogP contribution in [0.4, 0.5) is 0 Å². The molecule has 0 unspecified atom stereocenters. The summed E-state index contributed by atoms with van der Waals surface area (Å²) in [5.74, 6) is 1.70. The molecule has 0 saturated carbocycles. The molecule has 0 bridgehead atoms. The zero-order chi connectivity index (χ0) is 17.6. The first-order valence-corrected chi connectivity index (χ1v) is 8.54. The first-order chi connectivity index (χ1) is 11.7. The Bertz CT molecular complexity index is 484. The van der Waals surface area contributed by atoms with Crippen molar-refractivity contribution in [1.82, 2.24) is 15.5 Å². The molecule has 0 heterocycles. The van der Waals surface area contributed by atoms with E-state index in [9.17, 15) is 0 Å². The highest BCUT2D eigenvalue weighted by atomic mass is 127. The molecule has 0 atom stereocenters. The van der Waals surface area contributed by atoms with E-state index in [4.69, 9.17) is 9.47 Å². The summed E-state index contributed by atoms with van der Waals surface area (Å²) in [6.45, 7) is 6.68. The van der Waals surface area contributed by atoms with E-state index in [-0.39, 0.29) is 24.0 Å². The molecule has 0 fully saturated rings. The first-order valence-electron chi connectivity index (χ1n) is 8.54. The van der Waals surface area contributed by atoms with E-state index in [1.807, 2.05) is 33.2 Å². The molecule has 1 aromatic rings. The van der Waals surface area contributed by atoms with Gasteiger partial charge in [0.2, 0.25) is 0 Å². The van der Waals surface area contributed by atoms with Gasteiger partial charge in [0.1, 0.15) is 12.4 Å². The van der Waals surface area contributed by atoms with Crippen LogP contribution in [0, 0.1) is 0 Å². The van der Waals surface area contributed by atoms with Crippen molar-refractivity contribution in [3.63, 3.8) is 0 Å². The fourth-order valence-electron chi connectivity index (χ4n) is 2.02. The maximum absolute atomic E-state index is 5.76. The molecule has 0 spiro atoms. The van der Waals surface area contributed by atoms with E-state index >= 15 is 0 Å². The number of ether oxygens (including phenoxy) is 2. The maximum atomic E-state index is 5.76. The second-order valence-electron chi connectivity index (χ2n) is 5.70. The van der Waals surface area contributed by atoms with Gasteiger partial charge in [0.25, 0.3) is 0 Å². The van der Waals surface area contributed by atoms with Crippen LogP contribution in [-0.4, -0.2) is 64.9 Å². The second kappa shape index (κ2) is 15.2. The van der Waals surface area contributed by atoms with Gasteiger partial charge in [-0.25, -0.2) is 0 Å². The van der Waals surface area contributed by atoms with Gasteiger partial charge >= 0.3 is 0 Å². The normalized spacial score (nSPS) is 11.2. The number of halogens is 1. The molecule has 0 aliphatic rings. The van der Waals surface area contributed by atoms with E-state index in [0.717, 1.165) is 50.0 Å². The number of rotatable bonds is 11. The predicted molar refractivity (Wildman–Crippen MR) is 115 cm³/mol. The smallest absolute Gasteiger partial charge is 0.191 e. The quantitative estimate of drug-likeness (QED) is 0.228. The Morgan fingerprint density at radius 1 is 1.20 bits per heavy atom. The van der Waals surface area contributed by atoms with Crippen molar-refractivity contribution in [2.45, 2.75) is 19.9 Å². The molecule has 1 aromatic carbocycles. The summed E-state index contributed by atoms with van der Waals surface area (Å²) >= 11 is 0. The summed E-state index contributed by atoms with van der Waals surface area (Å²) < 4.78 is 11.1. The van der Waals surface area contributed by atoms with Crippen molar-refractivity contribution in [3.8, 4) is 5.75 Å². The van der Waals surface area contributed by atoms with E-state index in [1.165, 1.54) is 0 Å². The largest absolute Gasteiger partial charge is 0.492 e. The van der Waals surface area contributed by atoms with Crippen molar-refractivity contribution in [2.24, 2.45) is 4.99 Å². The zero-order valence-corrected chi connectivity index (χ0v) is 18.2. The molecule has 0 radical (unpaired) electrons. The monoisotopic (exact) mass is 464 g/mol. The molecule has 0 aliphatic heterocycles. The molecule has 2 N–H and O–H groups in total. The van der Waals surface area contributed by atoms with Gasteiger partial charge in [0.05, 0.1) is 0 Å². The third-order valence-corrected chi connectivity index (χ3v) is 3.35. The highest BCUT2D eigenvalue weighted by molar-refractivity contribution is 14.0. The Labute approximate surface area is 169 Å². The Balaban J connectivity index is 0.00000576. The Morgan fingerprint density at radius 2 is 2.00 bits per heavy atom. The molecule has 1 rings (SSSR count). The predicted octanol–water partition coefficient (Wildman–Crippen LogP) is 2.34. The van der Waals surface area contributed by atoms with E-state index in [2.05, 4.69) is 32.7 Å². The molecule has 7 heteroatoms. The molecule has 0 aliphatic carbocycles. The molecule has 0 amide bonds. The number of hydrogen-bond donors (Lipinski definition) is 2. The second-order valence-corrected chi connectivity index (χ2v) is 5.70. The van der Waals surface area contributed by atoms with Crippen molar-refractivity contribution < 1.29 is 9.47 Å². The molecule has 6 nitrogen and oxygen atoms in total. The van der Waals surface area contributed by atoms with Crippen molar-refractivity contribution >= 4 is 29.9 Å². The van der Waals surface area contributed by atoms with Crippen LogP contribution in [0.25, 0.3) is 0 Å². The number of hydrogen-bond acceptors (Lipinski definition) is 4. The topological polar surface area (TPSA) is 58.1 Å². The van der Waals surface area contributed by atoms with E-state index in [0.29, 0.717) is 13.2 Å². The standard InChI is InChI=1S/C18H32N4O2.HI/c1-5-23-12-7-10-20-18(19-2)21-15-16-8-6-9-17(14-16)24-13-11-22(3)4;/h6,8-9,14H,5,7,10-13,15H2,1-4H3,(H2,19,20,21);1H. The van der Waals surface area contributed by atoms with Crippen LogP contribution >= 0.6 is 24.0 Å². The average Bonchev–Trinajstić information content (AvgIpc) is 2.57. The molecule has 0 aromatic heterocycles. The first kappa shape index (κ1) is 23.9. The van der Waals surface area contributed by atoms with Crippen LogP contribution in [0.2, 0.25) is 0 Å². The lowest BCUT2D eigenvalue weighted by Gasteiger charge is -2.13. The van der Waals surface area contributed by atoms with Gasteiger partial charge in [-0.15, -0.1) is 24.0 Å². The van der Waals surface area contributed by atoms with Gasteiger partial charge < -0.3 is 25.0 Å². The summed E-state index contributed by atoms with van der Waals surface area (Å²) in [6, 6.07) is 8.14.